The summed E-state index contributed by atoms with van der Waals surface area (Å²) >= 11 is 1.36. The van der Waals surface area contributed by atoms with Crippen LogP contribution in [-0.4, -0.2) is 15.9 Å². The molecule has 5 nitrogen and oxygen atoms in total. The van der Waals surface area contributed by atoms with Crippen molar-refractivity contribution < 1.29 is 4.79 Å². The first-order valence-corrected chi connectivity index (χ1v) is 7.39. The van der Waals surface area contributed by atoms with E-state index in [2.05, 4.69) is 15.3 Å². The van der Waals surface area contributed by atoms with Crippen LogP contribution in [0.25, 0.3) is 10.8 Å². The molecule has 1 unspecified atom stereocenters. The zero-order valence-corrected chi connectivity index (χ0v) is 12.2. The third-order valence-corrected chi connectivity index (χ3v) is 3.87. The summed E-state index contributed by atoms with van der Waals surface area (Å²) in [6.07, 6.45) is 1.63. The zero-order valence-electron chi connectivity index (χ0n) is 11.4. The predicted octanol–water partition coefficient (Wildman–Crippen LogP) is 2.96. The summed E-state index contributed by atoms with van der Waals surface area (Å²) in [6.45, 7) is 1.85. The molecule has 0 aliphatic heterocycles. The van der Waals surface area contributed by atoms with Crippen molar-refractivity contribution in [1.29, 1.82) is 0 Å². The number of amides is 1. The molecule has 2 heterocycles. The Morgan fingerprint density at radius 2 is 2.14 bits per heavy atom. The normalized spacial score (nSPS) is 12.3. The number of carbonyl (C=O) groups excluding carboxylic acids is 1. The van der Waals surface area contributed by atoms with Crippen molar-refractivity contribution in [1.82, 2.24) is 9.97 Å². The second-order valence-corrected chi connectivity index (χ2v) is 5.56. The molecule has 0 saturated heterocycles. The van der Waals surface area contributed by atoms with Gasteiger partial charge in [0.25, 0.3) is 5.91 Å². The van der Waals surface area contributed by atoms with Gasteiger partial charge in [-0.05, 0) is 18.4 Å². The Morgan fingerprint density at radius 1 is 1.33 bits per heavy atom. The highest BCUT2D eigenvalue weighted by atomic mass is 32.1. The average molecular weight is 298 g/mol. The topological polar surface area (TPSA) is 80.9 Å². The first-order chi connectivity index (χ1) is 10.1. The molecule has 3 N–H and O–H groups in total. The van der Waals surface area contributed by atoms with Crippen molar-refractivity contribution >= 4 is 33.1 Å². The molecule has 3 rings (SSSR count). The maximum atomic E-state index is 12.4. The number of aromatic nitrogens is 2. The lowest BCUT2D eigenvalue weighted by molar-refractivity contribution is 0.102. The quantitative estimate of drug-likeness (QED) is 0.779. The molecule has 0 fully saturated rings. The Hall–Kier alpha value is -2.31. The van der Waals surface area contributed by atoms with Gasteiger partial charge >= 0.3 is 0 Å². The second-order valence-electron chi connectivity index (χ2n) is 4.70. The summed E-state index contributed by atoms with van der Waals surface area (Å²) < 4.78 is 0. The van der Waals surface area contributed by atoms with Crippen LogP contribution in [0.3, 0.4) is 0 Å². The van der Waals surface area contributed by atoms with Gasteiger partial charge in [-0.15, -0.1) is 11.3 Å². The highest BCUT2D eigenvalue weighted by molar-refractivity contribution is 7.14. The highest BCUT2D eigenvalue weighted by Crippen LogP contribution is 2.21. The summed E-state index contributed by atoms with van der Waals surface area (Å²) in [6, 6.07) is 9.38. The SMILES string of the molecule is CC(N)c1csc(NC(=O)c2nccc3ccccc23)n1. The van der Waals surface area contributed by atoms with E-state index in [1.807, 2.05) is 42.6 Å². The van der Waals surface area contributed by atoms with E-state index in [9.17, 15) is 4.79 Å². The molecule has 2 aromatic heterocycles. The van der Waals surface area contributed by atoms with E-state index in [-0.39, 0.29) is 11.9 Å². The van der Waals surface area contributed by atoms with Gasteiger partial charge in [0.15, 0.2) is 5.13 Å². The third kappa shape index (κ3) is 2.76. The Bertz CT molecular complexity index is 792. The van der Waals surface area contributed by atoms with Gasteiger partial charge in [-0.1, -0.05) is 24.3 Å². The maximum absolute atomic E-state index is 12.4. The minimum absolute atomic E-state index is 0.150. The minimum atomic E-state index is -0.266. The van der Waals surface area contributed by atoms with Crippen molar-refractivity contribution in [2.45, 2.75) is 13.0 Å². The third-order valence-electron chi connectivity index (χ3n) is 3.10. The van der Waals surface area contributed by atoms with Crippen LogP contribution in [0.2, 0.25) is 0 Å². The molecule has 21 heavy (non-hydrogen) atoms. The second kappa shape index (κ2) is 5.59. The molecule has 0 bridgehead atoms. The lowest BCUT2D eigenvalue weighted by Gasteiger charge is -2.05. The summed E-state index contributed by atoms with van der Waals surface area (Å²) in [7, 11) is 0. The maximum Gasteiger partial charge on any atom is 0.276 e. The molecular formula is C15H14N4OS. The number of hydrogen-bond donors (Lipinski definition) is 2. The van der Waals surface area contributed by atoms with Crippen LogP contribution in [0.15, 0.2) is 41.9 Å². The largest absolute Gasteiger partial charge is 0.323 e. The lowest BCUT2D eigenvalue weighted by atomic mass is 10.1. The van der Waals surface area contributed by atoms with E-state index in [1.165, 1.54) is 11.3 Å². The number of rotatable bonds is 3. The van der Waals surface area contributed by atoms with Crippen LogP contribution in [0.5, 0.6) is 0 Å². The molecule has 106 valence electrons. The number of benzene rings is 1. The number of anilines is 1. The molecule has 0 saturated carbocycles. The van der Waals surface area contributed by atoms with E-state index in [4.69, 9.17) is 5.73 Å². The van der Waals surface area contributed by atoms with E-state index < -0.39 is 0 Å². The van der Waals surface area contributed by atoms with E-state index in [0.29, 0.717) is 10.8 Å². The van der Waals surface area contributed by atoms with Crippen molar-refractivity contribution in [2.24, 2.45) is 5.73 Å². The summed E-state index contributed by atoms with van der Waals surface area (Å²) in [5.74, 6) is -0.266. The van der Waals surface area contributed by atoms with Gasteiger partial charge < -0.3 is 5.73 Å². The van der Waals surface area contributed by atoms with E-state index >= 15 is 0 Å². The number of hydrogen-bond acceptors (Lipinski definition) is 5. The van der Waals surface area contributed by atoms with Gasteiger partial charge in [-0.2, -0.15) is 0 Å². The molecular weight excluding hydrogens is 284 g/mol. The molecule has 0 aliphatic carbocycles. The Morgan fingerprint density at radius 3 is 2.90 bits per heavy atom. The standard InChI is InChI=1S/C15H14N4OS/c1-9(16)12-8-21-15(18-12)19-14(20)13-11-5-3-2-4-10(11)6-7-17-13/h2-9H,16H2,1H3,(H,18,19,20). The number of pyridine rings is 1. The van der Waals surface area contributed by atoms with Crippen molar-refractivity contribution in [3.63, 3.8) is 0 Å². The first-order valence-electron chi connectivity index (χ1n) is 6.51. The van der Waals surface area contributed by atoms with E-state index in [1.54, 1.807) is 6.20 Å². The van der Waals surface area contributed by atoms with Gasteiger partial charge in [0.05, 0.1) is 5.69 Å². The highest BCUT2D eigenvalue weighted by Gasteiger charge is 2.14. The van der Waals surface area contributed by atoms with Crippen LogP contribution in [0.1, 0.15) is 29.1 Å². The first kappa shape index (κ1) is 13.7. The van der Waals surface area contributed by atoms with Crippen molar-refractivity contribution in [3.05, 3.63) is 53.3 Å². The van der Waals surface area contributed by atoms with Crippen LogP contribution >= 0.6 is 11.3 Å². The Labute approximate surface area is 125 Å². The van der Waals surface area contributed by atoms with Gasteiger partial charge in [-0.25, -0.2) is 4.98 Å². The number of thiazole rings is 1. The Balaban J connectivity index is 1.90. The van der Waals surface area contributed by atoms with Crippen LogP contribution in [-0.2, 0) is 0 Å². The Kier molecular flexibility index (Phi) is 3.64. The van der Waals surface area contributed by atoms with Gasteiger partial charge in [-0.3, -0.25) is 15.1 Å². The van der Waals surface area contributed by atoms with E-state index in [0.717, 1.165) is 16.5 Å². The van der Waals surface area contributed by atoms with Crippen LogP contribution < -0.4 is 11.1 Å². The molecule has 0 radical (unpaired) electrons. The predicted molar refractivity (Wildman–Crippen MR) is 84.4 cm³/mol. The summed E-state index contributed by atoms with van der Waals surface area (Å²) in [5.41, 5.74) is 6.92. The molecule has 1 amide bonds. The molecule has 1 atom stereocenters. The molecule has 0 spiro atoms. The smallest absolute Gasteiger partial charge is 0.276 e. The molecule has 3 aromatic rings. The summed E-state index contributed by atoms with van der Waals surface area (Å²) in [5, 5.41) is 6.95. The van der Waals surface area contributed by atoms with Crippen LogP contribution in [0, 0.1) is 0 Å². The zero-order chi connectivity index (χ0) is 14.8. The van der Waals surface area contributed by atoms with Gasteiger partial charge in [0.2, 0.25) is 0 Å². The lowest BCUT2D eigenvalue weighted by Crippen LogP contribution is -2.14. The average Bonchev–Trinajstić information content (AvgIpc) is 2.95. The fourth-order valence-electron chi connectivity index (χ4n) is 2.01. The monoisotopic (exact) mass is 298 g/mol. The molecule has 0 aliphatic rings. The van der Waals surface area contributed by atoms with Gasteiger partial charge in [0.1, 0.15) is 5.69 Å². The number of nitrogens with two attached hydrogens (primary N) is 1. The van der Waals surface area contributed by atoms with Gasteiger partial charge in [0, 0.05) is 23.0 Å². The fraction of sp³-hybridized carbons (Fsp3) is 0.133. The number of fused-ring (bicyclic) bond motifs is 1. The van der Waals surface area contributed by atoms with Crippen LogP contribution in [0.4, 0.5) is 5.13 Å². The number of nitrogens with one attached hydrogen (secondary N) is 1. The van der Waals surface area contributed by atoms with Crippen molar-refractivity contribution in [2.75, 3.05) is 5.32 Å². The number of carbonyl (C=O) groups is 1. The number of nitrogens with zero attached hydrogens (tertiary/aromatic N) is 2. The van der Waals surface area contributed by atoms with Crippen molar-refractivity contribution in [3.8, 4) is 0 Å². The molecule has 6 heteroatoms. The fourth-order valence-corrected chi connectivity index (χ4v) is 2.82. The summed E-state index contributed by atoms with van der Waals surface area (Å²) in [4.78, 5) is 20.8. The molecule has 1 aromatic carbocycles. The minimum Gasteiger partial charge on any atom is -0.323 e.